The number of aromatic nitrogens is 4. The van der Waals surface area contributed by atoms with Crippen molar-refractivity contribution >= 4 is 52.0 Å². The summed E-state index contributed by atoms with van der Waals surface area (Å²) in [5, 5.41) is 14.5. The SMILES string of the molecule is CC1(NCc2ccccc2C2CCC(=O)NC2=O)CCN(c2cnc3c(-c4cccc(Cl)c4Cl)[nH]nc3n2)CC1. The second-order valence-electron chi connectivity index (χ2n) is 10.7. The lowest BCUT2D eigenvalue weighted by atomic mass is 9.86. The lowest BCUT2D eigenvalue weighted by molar-refractivity contribution is -0.134. The molecule has 0 saturated carbocycles. The third-order valence-electron chi connectivity index (χ3n) is 8.04. The number of imide groups is 1. The summed E-state index contributed by atoms with van der Waals surface area (Å²) in [5.74, 6) is 0.0866. The van der Waals surface area contributed by atoms with Gasteiger partial charge in [0.05, 0.1) is 27.9 Å². The molecule has 9 nitrogen and oxygen atoms in total. The monoisotopic (exact) mass is 577 g/mol. The van der Waals surface area contributed by atoms with Crippen LogP contribution >= 0.6 is 23.2 Å². The molecule has 1 atom stereocenters. The zero-order valence-electron chi connectivity index (χ0n) is 22.0. The zero-order valence-corrected chi connectivity index (χ0v) is 23.5. The number of hydrogen-bond acceptors (Lipinski definition) is 7. The Morgan fingerprint density at radius 3 is 2.70 bits per heavy atom. The van der Waals surface area contributed by atoms with Crippen molar-refractivity contribution < 1.29 is 9.59 Å². The van der Waals surface area contributed by atoms with E-state index in [0.29, 0.717) is 46.3 Å². The van der Waals surface area contributed by atoms with E-state index in [1.54, 1.807) is 12.3 Å². The van der Waals surface area contributed by atoms with E-state index in [9.17, 15) is 9.59 Å². The first kappa shape index (κ1) is 26.7. The Labute approximate surface area is 241 Å². The molecule has 206 valence electrons. The third kappa shape index (κ3) is 5.16. The van der Waals surface area contributed by atoms with Crippen molar-refractivity contribution in [2.24, 2.45) is 0 Å². The van der Waals surface area contributed by atoms with Crippen LogP contribution in [0.15, 0.2) is 48.7 Å². The van der Waals surface area contributed by atoms with E-state index in [4.69, 9.17) is 28.2 Å². The van der Waals surface area contributed by atoms with Gasteiger partial charge in [0.1, 0.15) is 11.3 Å². The quantitative estimate of drug-likeness (QED) is 0.276. The van der Waals surface area contributed by atoms with Gasteiger partial charge in [0.2, 0.25) is 17.5 Å². The molecule has 2 fully saturated rings. The second-order valence-corrected chi connectivity index (χ2v) is 11.5. The number of amides is 2. The number of benzene rings is 2. The van der Waals surface area contributed by atoms with Crippen molar-refractivity contribution in [1.29, 1.82) is 0 Å². The molecule has 2 saturated heterocycles. The average molecular weight is 579 g/mol. The number of anilines is 1. The molecule has 40 heavy (non-hydrogen) atoms. The van der Waals surface area contributed by atoms with Gasteiger partial charge in [0, 0.05) is 37.2 Å². The molecule has 0 bridgehead atoms. The Bertz CT molecular complexity index is 1600. The summed E-state index contributed by atoms with van der Waals surface area (Å²) in [5.41, 5.74) is 4.60. The summed E-state index contributed by atoms with van der Waals surface area (Å²) in [6.07, 6.45) is 4.53. The molecule has 2 aromatic heterocycles. The molecule has 1 unspecified atom stereocenters. The minimum Gasteiger partial charge on any atom is -0.355 e. The summed E-state index contributed by atoms with van der Waals surface area (Å²) < 4.78 is 0. The standard InChI is InChI=1S/C29H29Cl2N7O2/c1-29(33-15-17-5-2-3-6-18(17)19-9-10-23(39)35-28(19)40)11-13-38(14-12-29)22-16-32-26-25(36-37-27(26)34-22)20-7-4-8-21(30)24(20)31/h2-8,16,19,33H,9-15H2,1H3,(H,34,36,37)(H,35,39,40). The average Bonchev–Trinajstić information content (AvgIpc) is 3.37. The number of fused-ring (bicyclic) bond motifs is 1. The van der Waals surface area contributed by atoms with Crippen molar-refractivity contribution in [2.75, 3.05) is 18.0 Å². The summed E-state index contributed by atoms with van der Waals surface area (Å²) in [7, 11) is 0. The number of carbonyl (C=O) groups excluding carboxylic acids is 2. The molecule has 2 amide bonds. The molecule has 0 radical (unpaired) electrons. The number of hydrogen-bond donors (Lipinski definition) is 3. The van der Waals surface area contributed by atoms with Crippen molar-refractivity contribution in [3.05, 3.63) is 69.8 Å². The maximum Gasteiger partial charge on any atom is 0.234 e. The van der Waals surface area contributed by atoms with E-state index in [2.05, 4.69) is 43.7 Å². The fourth-order valence-electron chi connectivity index (χ4n) is 5.56. The van der Waals surface area contributed by atoms with E-state index < -0.39 is 0 Å². The molecule has 2 aliphatic heterocycles. The minimum absolute atomic E-state index is 0.0746. The van der Waals surface area contributed by atoms with Gasteiger partial charge in [-0.2, -0.15) is 5.10 Å². The maximum atomic E-state index is 12.5. The number of rotatable bonds is 6. The Kier molecular flexibility index (Phi) is 7.20. The highest BCUT2D eigenvalue weighted by atomic mass is 35.5. The Hall–Kier alpha value is -3.53. The van der Waals surface area contributed by atoms with Crippen LogP contribution in [0.25, 0.3) is 22.4 Å². The van der Waals surface area contributed by atoms with Crippen LogP contribution in [0.2, 0.25) is 10.0 Å². The third-order valence-corrected chi connectivity index (χ3v) is 8.86. The molecule has 0 spiro atoms. The Balaban J connectivity index is 1.12. The Morgan fingerprint density at radius 2 is 1.90 bits per heavy atom. The van der Waals surface area contributed by atoms with Crippen molar-refractivity contribution in [3.63, 3.8) is 0 Å². The smallest absolute Gasteiger partial charge is 0.234 e. The van der Waals surface area contributed by atoms with Gasteiger partial charge < -0.3 is 10.2 Å². The number of H-pyrrole nitrogens is 1. The fourth-order valence-corrected chi connectivity index (χ4v) is 5.96. The van der Waals surface area contributed by atoms with Gasteiger partial charge in [-0.25, -0.2) is 9.97 Å². The topological polar surface area (TPSA) is 116 Å². The van der Waals surface area contributed by atoms with Gasteiger partial charge in [-0.05, 0) is 43.4 Å². The van der Waals surface area contributed by atoms with E-state index in [-0.39, 0.29) is 23.3 Å². The van der Waals surface area contributed by atoms with Gasteiger partial charge in [-0.15, -0.1) is 0 Å². The van der Waals surface area contributed by atoms with Crippen LogP contribution in [0.1, 0.15) is 49.7 Å². The zero-order chi connectivity index (χ0) is 27.9. The molecule has 0 aliphatic carbocycles. The van der Waals surface area contributed by atoms with Crippen LogP contribution in [0.3, 0.4) is 0 Å². The van der Waals surface area contributed by atoms with Crippen molar-refractivity contribution in [2.45, 2.75) is 50.6 Å². The van der Waals surface area contributed by atoms with Crippen LogP contribution in [-0.2, 0) is 16.1 Å². The second kappa shape index (κ2) is 10.8. The van der Waals surface area contributed by atoms with Gasteiger partial charge in [0.25, 0.3) is 0 Å². The van der Waals surface area contributed by atoms with E-state index >= 15 is 0 Å². The fraction of sp³-hybridized carbons (Fsp3) is 0.345. The molecule has 2 aliphatic rings. The van der Waals surface area contributed by atoms with Crippen LogP contribution in [0.5, 0.6) is 0 Å². The first-order valence-corrected chi connectivity index (χ1v) is 14.1. The predicted octanol–water partition coefficient (Wildman–Crippen LogP) is 5.00. The van der Waals surface area contributed by atoms with Crippen LogP contribution < -0.4 is 15.5 Å². The van der Waals surface area contributed by atoms with E-state index in [0.717, 1.165) is 48.4 Å². The first-order valence-electron chi connectivity index (χ1n) is 13.4. The first-order chi connectivity index (χ1) is 19.3. The van der Waals surface area contributed by atoms with E-state index in [1.807, 2.05) is 30.3 Å². The maximum absolute atomic E-state index is 12.5. The summed E-state index contributed by atoms with van der Waals surface area (Å²) in [6, 6.07) is 13.5. The van der Waals surface area contributed by atoms with Crippen molar-refractivity contribution in [3.8, 4) is 11.3 Å². The molecule has 4 heterocycles. The lowest BCUT2D eigenvalue weighted by Gasteiger charge is -2.40. The highest BCUT2D eigenvalue weighted by molar-refractivity contribution is 6.43. The number of halogens is 2. The number of aromatic amines is 1. The normalized spacial score (nSPS) is 19.2. The van der Waals surface area contributed by atoms with E-state index in [1.165, 1.54) is 0 Å². The summed E-state index contributed by atoms with van der Waals surface area (Å²) >= 11 is 12.6. The molecular formula is C29H29Cl2N7O2. The van der Waals surface area contributed by atoms with Crippen LogP contribution in [0.4, 0.5) is 5.82 Å². The molecule has 11 heteroatoms. The number of nitrogens with zero attached hydrogens (tertiary/aromatic N) is 4. The number of piperidine rings is 2. The molecule has 4 aromatic rings. The summed E-state index contributed by atoms with van der Waals surface area (Å²) in [4.78, 5) is 35.8. The van der Waals surface area contributed by atoms with Crippen molar-refractivity contribution in [1.82, 2.24) is 30.8 Å². The molecule has 3 N–H and O–H groups in total. The molecular weight excluding hydrogens is 549 g/mol. The largest absolute Gasteiger partial charge is 0.355 e. The number of nitrogens with one attached hydrogen (secondary N) is 3. The minimum atomic E-state index is -0.295. The van der Waals surface area contributed by atoms with Crippen LogP contribution in [-0.4, -0.2) is 50.6 Å². The summed E-state index contributed by atoms with van der Waals surface area (Å²) in [6.45, 7) is 4.52. The van der Waals surface area contributed by atoms with Gasteiger partial charge in [-0.3, -0.25) is 20.0 Å². The molecule has 2 aromatic carbocycles. The number of carbonyl (C=O) groups is 2. The van der Waals surface area contributed by atoms with Gasteiger partial charge in [-0.1, -0.05) is 59.6 Å². The van der Waals surface area contributed by atoms with Gasteiger partial charge >= 0.3 is 0 Å². The highest BCUT2D eigenvalue weighted by Crippen LogP contribution is 2.35. The predicted molar refractivity (Wildman–Crippen MR) is 155 cm³/mol. The molecule has 6 rings (SSSR count). The van der Waals surface area contributed by atoms with Gasteiger partial charge in [0.15, 0.2) is 0 Å². The van der Waals surface area contributed by atoms with Crippen LogP contribution in [0, 0.1) is 0 Å². The highest BCUT2D eigenvalue weighted by Gasteiger charge is 2.32. The lowest BCUT2D eigenvalue weighted by Crippen LogP contribution is -2.51. The Morgan fingerprint density at radius 1 is 1.10 bits per heavy atom.